The lowest BCUT2D eigenvalue weighted by Crippen LogP contribution is -2.19. The third-order valence-corrected chi connectivity index (χ3v) is 5.70. The zero-order chi connectivity index (χ0) is 21.3. The summed E-state index contributed by atoms with van der Waals surface area (Å²) in [6, 6.07) is 15.0. The molecule has 1 aromatic heterocycles. The van der Waals surface area contributed by atoms with Crippen LogP contribution in [0.15, 0.2) is 68.9 Å². The molecule has 1 N–H and O–H groups in total. The molecule has 4 rings (SSSR count). The van der Waals surface area contributed by atoms with Gasteiger partial charge in [-0.1, -0.05) is 29.8 Å². The number of benzene rings is 2. The van der Waals surface area contributed by atoms with Gasteiger partial charge in [0.2, 0.25) is 0 Å². The smallest absolute Gasteiger partial charge is 0.280 e. The predicted molar refractivity (Wildman–Crippen MR) is 118 cm³/mol. The number of carbonyl (C=O) groups excluding carboxylic acids is 1. The van der Waals surface area contributed by atoms with E-state index in [4.69, 9.17) is 16.0 Å². The van der Waals surface area contributed by atoms with Gasteiger partial charge in [0.25, 0.3) is 11.6 Å². The van der Waals surface area contributed by atoms with Crippen LogP contribution in [0, 0.1) is 17.0 Å². The first kappa shape index (κ1) is 19.9. The van der Waals surface area contributed by atoms with E-state index in [0.29, 0.717) is 37.9 Å². The van der Waals surface area contributed by atoms with E-state index in [0.717, 1.165) is 5.56 Å². The van der Waals surface area contributed by atoms with Crippen LogP contribution >= 0.6 is 23.4 Å². The first-order chi connectivity index (χ1) is 14.4. The summed E-state index contributed by atoms with van der Waals surface area (Å²) in [5.74, 6) is 0.448. The van der Waals surface area contributed by atoms with Gasteiger partial charge in [0.05, 0.1) is 21.1 Å². The maximum atomic E-state index is 12.3. The van der Waals surface area contributed by atoms with Gasteiger partial charge in [0.1, 0.15) is 11.5 Å². The minimum atomic E-state index is -0.461. The topological polar surface area (TPSA) is 97.7 Å². The van der Waals surface area contributed by atoms with Crippen LogP contribution in [0.25, 0.3) is 17.4 Å². The van der Waals surface area contributed by atoms with Gasteiger partial charge in [-0.15, -0.1) is 0 Å². The highest BCUT2D eigenvalue weighted by atomic mass is 35.5. The Kier molecular flexibility index (Phi) is 5.43. The first-order valence-corrected chi connectivity index (χ1v) is 10.00. The minimum Gasteiger partial charge on any atom is -0.456 e. The standard InChI is InChI=1S/C21H14ClN3O4S/c1-12-15(22)6-4-7-16(12)23-21-24-20(26)19(30-21)11-13-9-10-18(29-13)14-5-2-3-8-17(14)25(27)28/h2-11H,1H3,(H,23,24,26)/b19-11-. The molecule has 0 atom stereocenters. The van der Waals surface area contributed by atoms with Crippen molar-refractivity contribution in [1.29, 1.82) is 0 Å². The first-order valence-electron chi connectivity index (χ1n) is 8.80. The number of amidine groups is 1. The van der Waals surface area contributed by atoms with Crippen LogP contribution in [0.3, 0.4) is 0 Å². The van der Waals surface area contributed by atoms with E-state index >= 15 is 0 Å². The minimum absolute atomic E-state index is 0.0506. The Hall–Kier alpha value is -3.36. The number of hydrogen-bond donors (Lipinski definition) is 1. The zero-order valence-electron chi connectivity index (χ0n) is 15.6. The molecule has 1 aliphatic heterocycles. The number of nitro benzene ring substituents is 1. The molecule has 1 amide bonds. The Labute approximate surface area is 180 Å². The predicted octanol–water partition coefficient (Wildman–Crippen LogP) is 5.71. The van der Waals surface area contributed by atoms with Gasteiger partial charge in [0.15, 0.2) is 5.17 Å². The lowest BCUT2D eigenvalue weighted by molar-refractivity contribution is -0.384. The fourth-order valence-corrected chi connectivity index (χ4v) is 3.84. The number of hydrogen-bond acceptors (Lipinski definition) is 6. The average molecular weight is 440 g/mol. The summed E-state index contributed by atoms with van der Waals surface area (Å²) < 4.78 is 5.73. The molecule has 1 fully saturated rings. The number of halogens is 1. The number of furan rings is 1. The van der Waals surface area contributed by atoms with Crippen LogP contribution in [0.2, 0.25) is 5.02 Å². The summed E-state index contributed by atoms with van der Waals surface area (Å²) in [7, 11) is 0. The van der Waals surface area contributed by atoms with Crippen molar-refractivity contribution < 1.29 is 14.1 Å². The Balaban J connectivity index is 1.60. The second-order valence-corrected chi connectivity index (χ2v) is 7.78. The maximum absolute atomic E-state index is 12.3. The lowest BCUT2D eigenvalue weighted by Gasteiger charge is -2.02. The van der Waals surface area contributed by atoms with Crippen molar-refractivity contribution >= 4 is 51.9 Å². The highest BCUT2D eigenvalue weighted by Gasteiger charge is 2.25. The van der Waals surface area contributed by atoms with E-state index in [1.54, 1.807) is 48.5 Å². The molecule has 1 saturated heterocycles. The SMILES string of the molecule is Cc1c(Cl)cccc1N=C1NC(=O)/C(=C/c2ccc(-c3ccccc3[N+](=O)[O-])o2)S1. The molecule has 9 heteroatoms. The van der Waals surface area contributed by atoms with Crippen molar-refractivity contribution in [2.45, 2.75) is 6.92 Å². The summed E-state index contributed by atoms with van der Waals surface area (Å²) in [6.45, 7) is 1.85. The number of thioether (sulfide) groups is 1. The molecule has 2 aromatic carbocycles. The van der Waals surface area contributed by atoms with E-state index < -0.39 is 4.92 Å². The van der Waals surface area contributed by atoms with Gasteiger partial charge in [-0.3, -0.25) is 14.9 Å². The molecule has 7 nitrogen and oxygen atoms in total. The van der Waals surface area contributed by atoms with Gasteiger partial charge in [-0.25, -0.2) is 4.99 Å². The third kappa shape index (κ3) is 4.00. The average Bonchev–Trinajstić information content (AvgIpc) is 3.32. The lowest BCUT2D eigenvalue weighted by atomic mass is 10.1. The summed E-state index contributed by atoms with van der Waals surface area (Å²) in [4.78, 5) is 27.9. The second kappa shape index (κ2) is 8.17. The molecule has 1 aliphatic rings. The molecule has 0 aliphatic carbocycles. The summed E-state index contributed by atoms with van der Waals surface area (Å²) >= 11 is 7.29. The molecule has 0 saturated carbocycles. The quantitative estimate of drug-likeness (QED) is 0.319. The van der Waals surface area contributed by atoms with Crippen LogP contribution in [-0.2, 0) is 4.79 Å². The molecular weight excluding hydrogens is 426 g/mol. The van der Waals surface area contributed by atoms with Crippen molar-refractivity contribution in [3.63, 3.8) is 0 Å². The van der Waals surface area contributed by atoms with Crippen molar-refractivity contribution in [2.75, 3.05) is 0 Å². The number of amides is 1. The number of nitrogens with zero attached hydrogens (tertiary/aromatic N) is 2. The number of carbonyl (C=O) groups is 1. The van der Waals surface area contributed by atoms with E-state index in [9.17, 15) is 14.9 Å². The van der Waals surface area contributed by atoms with Gasteiger partial charge >= 0.3 is 0 Å². The Morgan fingerprint density at radius 3 is 2.77 bits per heavy atom. The molecule has 3 aromatic rings. The summed E-state index contributed by atoms with van der Waals surface area (Å²) in [5, 5.41) is 15.0. The van der Waals surface area contributed by atoms with E-state index in [1.807, 2.05) is 13.0 Å². The molecular formula is C21H14ClN3O4S. The highest BCUT2D eigenvalue weighted by Crippen LogP contribution is 2.34. The van der Waals surface area contributed by atoms with Crippen molar-refractivity contribution in [2.24, 2.45) is 4.99 Å². The van der Waals surface area contributed by atoms with Gasteiger partial charge in [-0.2, -0.15) is 0 Å². The molecule has 0 unspecified atom stereocenters. The van der Waals surface area contributed by atoms with Crippen LogP contribution in [0.4, 0.5) is 11.4 Å². The Morgan fingerprint density at radius 2 is 1.97 bits per heavy atom. The normalized spacial score (nSPS) is 16.3. The number of rotatable bonds is 4. The van der Waals surface area contributed by atoms with E-state index in [-0.39, 0.29) is 11.6 Å². The fraction of sp³-hybridized carbons (Fsp3) is 0.0476. The highest BCUT2D eigenvalue weighted by molar-refractivity contribution is 8.18. The van der Waals surface area contributed by atoms with Gasteiger partial charge < -0.3 is 9.73 Å². The maximum Gasteiger partial charge on any atom is 0.280 e. The fourth-order valence-electron chi connectivity index (χ4n) is 2.85. The molecule has 0 bridgehead atoms. The van der Waals surface area contributed by atoms with E-state index in [2.05, 4.69) is 10.3 Å². The van der Waals surface area contributed by atoms with Crippen LogP contribution in [-0.4, -0.2) is 16.0 Å². The van der Waals surface area contributed by atoms with Gasteiger partial charge in [-0.05, 0) is 54.6 Å². The van der Waals surface area contributed by atoms with E-state index in [1.165, 1.54) is 17.8 Å². The number of aliphatic imine (C=N–C) groups is 1. The third-order valence-electron chi connectivity index (χ3n) is 4.38. The molecule has 0 radical (unpaired) electrons. The Morgan fingerprint density at radius 1 is 1.17 bits per heavy atom. The molecule has 150 valence electrons. The van der Waals surface area contributed by atoms with Crippen LogP contribution < -0.4 is 5.32 Å². The van der Waals surface area contributed by atoms with Crippen molar-refractivity contribution in [3.8, 4) is 11.3 Å². The van der Waals surface area contributed by atoms with Crippen LogP contribution in [0.5, 0.6) is 0 Å². The Bertz CT molecular complexity index is 1230. The second-order valence-electron chi connectivity index (χ2n) is 6.34. The molecule has 2 heterocycles. The van der Waals surface area contributed by atoms with Crippen molar-refractivity contribution in [1.82, 2.24) is 5.32 Å². The number of nitrogens with one attached hydrogen (secondary N) is 1. The van der Waals surface area contributed by atoms with Crippen molar-refractivity contribution in [3.05, 3.63) is 86.0 Å². The number of nitro groups is 1. The molecule has 0 spiro atoms. The molecule has 30 heavy (non-hydrogen) atoms. The van der Waals surface area contributed by atoms with Crippen LogP contribution in [0.1, 0.15) is 11.3 Å². The summed E-state index contributed by atoms with van der Waals surface area (Å²) in [6.07, 6.45) is 1.58. The largest absolute Gasteiger partial charge is 0.456 e. The zero-order valence-corrected chi connectivity index (χ0v) is 17.2. The monoisotopic (exact) mass is 439 g/mol. The van der Waals surface area contributed by atoms with Gasteiger partial charge in [0, 0.05) is 17.2 Å². The summed E-state index contributed by atoms with van der Waals surface area (Å²) in [5.41, 5.74) is 1.81. The number of para-hydroxylation sites is 1.